The summed E-state index contributed by atoms with van der Waals surface area (Å²) in [6.45, 7) is 9.86. The summed E-state index contributed by atoms with van der Waals surface area (Å²) in [5.41, 5.74) is 0. The van der Waals surface area contributed by atoms with E-state index in [-0.39, 0.29) is 5.92 Å². The largest absolute Gasteiger partial charge is 0.381 e. The van der Waals surface area contributed by atoms with Crippen molar-refractivity contribution in [3.05, 3.63) is 0 Å². The number of rotatable bonds is 6. The van der Waals surface area contributed by atoms with Crippen molar-refractivity contribution in [2.45, 2.75) is 26.7 Å². The zero-order valence-electron chi connectivity index (χ0n) is 12.8. The van der Waals surface area contributed by atoms with E-state index < -0.39 is 10.0 Å². The molecule has 2 aliphatic heterocycles. The van der Waals surface area contributed by atoms with Gasteiger partial charge in [0.2, 0.25) is 10.0 Å². The van der Waals surface area contributed by atoms with Crippen molar-refractivity contribution in [2.75, 3.05) is 51.7 Å². The average Bonchev–Trinajstić information content (AvgIpc) is 2.91. The SMILES string of the molecule is CC[C@H](C)CS(=O)(=O)N1CCN(C[C@H]2CCOC2)CC1. The molecule has 0 unspecified atom stereocenters. The molecule has 0 bridgehead atoms. The third-order valence-electron chi connectivity index (χ3n) is 4.46. The lowest BCUT2D eigenvalue weighted by atomic mass is 10.1. The van der Waals surface area contributed by atoms with Crippen LogP contribution in [0.15, 0.2) is 0 Å². The van der Waals surface area contributed by atoms with Crippen LogP contribution in [-0.2, 0) is 14.8 Å². The molecule has 0 aliphatic carbocycles. The van der Waals surface area contributed by atoms with Gasteiger partial charge in [-0.2, -0.15) is 4.31 Å². The number of piperazine rings is 1. The monoisotopic (exact) mass is 304 g/mol. The molecular formula is C14H28N2O3S. The van der Waals surface area contributed by atoms with Crippen LogP contribution in [0, 0.1) is 11.8 Å². The van der Waals surface area contributed by atoms with Gasteiger partial charge in [0.05, 0.1) is 12.4 Å². The first-order valence-electron chi connectivity index (χ1n) is 7.79. The Morgan fingerprint density at radius 3 is 2.50 bits per heavy atom. The minimum atomic E-state index is -3.06. The van der Waals surface area contributed by atoms with Crippen molar-refractivity contribution in [3.63, 3.8) is 0 Å². The Morgan fingerprint density at radius 1 is 1.25 bits per heavy atom. The van der Waals surface area contributed by atoms with Crippen LogP contribution in [0.3, 0.4) is 0 Å². The molecule has 2 heterocycles. The predicted molar refractivity (Wildman–Crippen MR) is 80.2 cm³/mol. The van der Waals surface area contributed by atoms with Gasteiger partial charge in [-0.1, -0.05) is 20.3 Å². The van der Waals surface area contributed by atoms with Crippen LogP contribution in [0.2, 0.25) is 0 Å². The lowest BCUT2D eigenvalue weighted by molar-refractivity contribution is 0.143. The van der Waals surface area contributed by atoms with Crippen LogP contribution in [0.25, 0.3) is 0 Å². The van der Waals surface area contributed by atoms with E-state index in [4.69, 9.17) is 4.74 Å². The normalized spacial score (nSPS) is 27.8. The van der Waals surface area contributed by atoms with Crippen LogP contribution in [0.5, 0.6) is 0 Å². The van der Waals surface area contributed by atoms with Gasteiger partial charge in [0, 0.05) is 39.3 Å². The molecule has 20 heavy (non-hydrogen) atoms. The van der Waals surface area contributed by atoms with E-state index in [2.05, 4.69) is 4.90 Å². The lowest BCUT2D eigenvalue weighted by Gasteiger charge is -2.35. The van der Waals surface area contributed by atoms with Crippen molar-refractivity contribution in [3.8, 4) is 0 Å². The third-order valence-corrected chi connectivity index (χ3v) is 6.60. The molecule has 0 aromatic rings. The molecule has 2 saturated heterocycles. The van der Waals surface area contributed by atoms with Crippen molar-refractivity contribution in [1.82, 2.24) is 9.21 Å². The van der Waals surface area contributed by atoms with Gasteiger partial charge >= 0.3 is 0 Å². The fourth-order valence-electron chi connectivity index (χ4n) is 2.87. The van der Waals surface area contributed by atoms with E-state index in [1.54, 1.807) is 4.31 Å². The fourth-order valence-corrected chi connectivity index (χ4v) is 4.75. The third kappa shape index (κ3) is 4.41. The predicted octanol–water partition coefficient (Wildman–Crippen LogP) is 1.02. The molecule has 0 spiro atoms. The second-order valence-corrected chi connectivity index (χ2v) is 8.23. The second-order valence-electron chi connectivity index (χ2n) is 6.22. The summed E-state index contributed by atoms with van der Waals surface area (Å²) >= 11 is 0. The highest BCUT2D eigenvalue weighted by molar-refractivity contribution is 7.89. The van der Waals surface area contributed by atoms with Crippen molar-refractivity contribution in [1.29, 1.82) is 0 Å². The Morgan fingerprint density at radius 2 is 1.95 bits per heavy atom. The summed E-state index contributed by atoms with van der Waals surface area (Å²) in [7, 11) is -3.06. The van der Waals surface area contributed by atoms with Crippen molar-refractivity contribution >= 4 is 10.0 Å². The second kappa shape index (κ2) is 7.20. The summed E-state index contributed by atoms with van der Waals surface area (Å²) < 4.78 is 31.7. The Kier molecular flexibility index (Phi) is 5.84. The molecular weight excluding hydrogens is 276 g/mol. The molecule has 0 radical (unpaired) electrons. The molecule has 2 atom stereocenters. The van der Waals surface area contributed by atoms with Crippen LogP contribution >= 0.6 is 0 Å². The Labute approximate surface area is 123 Å². The van der Waals surface area contributed by atoms with E-state index in [1.165, 1.54) is 0 Å². The number of ether oxygens (including phenoxy) is 1. The zero-order chi connectivity index (χ0) is 14.6. The highest BCUT2D eigenvalue weighted by Gasteiger charge is 2.29. The zero-order valence-corrected chi connectivity index (χ0v) is 13.6. The van der Waals surface area contributed by atoms with E-state index in [9.17, 15) is 8.42 Å². The highest BCUT2D eigenvalue weighted by atomic mass is 32.2. The maximum Gasteiger partial charge on any atom is 0.214 e. The summed E-state index contributed by atoms with van der Waals surface area (Å²) in [6, 6.07) is 0. The van der Waals surface area contributed by atoms with Crippen LogP contribution in [0.4, 0.5) is 0 Å². The molecule has 5 nitrogen and oxygen atoms in total. The molecule has 2 fully saturated rings. The van der Waals surface area contributed by atoms with E-state index in [0.717, 1.165) is 45.7 Å². The molecule has 2 rings (SSSR count). The topological polar surface area (TPSA) is 49.9 Å². The van der Waals surface area contributed by atoms with Gasteiger partial charge < -0.3 is 9.64 Å². The molecule has 0 aromatic carbocycles. The summed E-state index contributed by atoms with van der Waals surface area (Å²) in [4.78, 5) is 2.38. The van der Waals surface area contributed by atoms with Crippen LogP contribution < -0.4 is 0 Å². The number of hydrogen-bond acceptors (Lipinski definition) is 4. The summed E-state index contributed by atoms with van der Waals surface area (Å²) in [5.74, 6) is 1.17. The maximum atomic E-state index is 12.3. The number of nitrogens with zero attached hydrogens (tertiary/aromatic N) is 2. The van der Waals surface area contributed by atoms with Crippen LogP contribution in [-0.4, -0.2) is 69.3 Å². The van der Waals surface area contributed by atoms with Gasteiger partial charge in [-0.15, -0.1) is 0 Å². The molecule has 2 aliphatic rings. The summed E-state index contributed by atoms with van der Waals surface area (Å²) in [6.07, 6.45) is 2.06. The first-order valence-corrected chi connectivity index (χ1v) is 9.40. The fraction of sp³-hybridized carbons (Fsp3) is 1.00. The van der Waals surface area contributed by atoms with E-state index >= 15 is 0 Å². The number of sulfonamides is 1. The van der Waals surface area contributed by atoms with Crippen LogP contribution in [0.1, 0.15) is 26.7 Å². The van der Waals surface area contributed by atoms with Crippen molar-refractivity contribution in [2.24, 2.45) is 11.8 Å². The van der Waals surface area contributed by atoms with E-state index in [0.29, 0.717) is 24.8 Å². The first kappa shape index (κ1) is 16.2. The Balaban J connectivity index is 1.78. The minimum absolute atomic E-state index is 0.244. The molecule has 0 amide bonds. The van der Waals surface area contributed by atoms with Gasteiger partial charge in [-0.3, -0.25) is 0 Å². The summed E-state index contributed by atoms with van der Waals surface area (Å²) in [5, 5.41) is 0. The molecule has 0 aromatic heterocycles. The molecule has 118 valence electrons. The van der Waals surface area contributed by atoms with E-state index in [1.807, 2.05) is 13.8 Å². The maximum absolute atomic E-state index is 12.3. The Hall–Kier alpha value is -0.170. The van der Waals surface area contributed by atoms with Gasteiger partial charge in [0.25, 0.3) is 0 Å². The molecule has 0 N–H and O–H groups in total. The molecule has 0 saturated carbocycles. The highest BCUT2D eigenvalue weighted by Crippen LogP contribution is 2.17. The van der Waals surface area contributed by atoms with Gasteiger partial charge in [-0.25, -0.2) is 8.42 Å². The smallest absolute Gasteiger partial charge is 0.214 e. The van der Waals surface area contributed by atoms with Gasteiger partial charge in [0.15, 0.2) is 0 Å². The standard InChI is InChI=1S/C14H28N2O3S/c1-3-13(2)12-20(17,18)16-7-5-15(6-8-16)10-14-4-9-19-11-14/h13-14H,3-12H2,1-2H3/t13-,14+/m0/s1. The number of hydrogen-bond donors (Lipinski definition) is 0. The quantitative estimate of drug-likeness (QED) is 0.735. The Bertz CT molecular complexity index is 385. The molecule has 6 heteroatoms. The lowest BCUT2D eigenvalue weighted by Crippen LogP contribution is -2.50. The first-order chi connectivity index (χ1) is 9.51. The average molecular weight is 304 g/mol. The van der Waals surface area contributed by atoms with Crippen molar-refractivity contribution < 1.29 is 13.2 Å². The van der Waals surface area contributed by atoms with Gasteiger partial charge in [0.1, 0.15) is 0 Å². The minimum Gasteiger partial charge on any atom is -0.381 e. The van der Waals surface area contributed by atoms with Gasteiger partial charge in [-0.05, 0) is 18.3 Å².